The molecule has 1 aliphatic heterocycles. The zero-order valence-electron chi connectivity index (χ0n) is 20.2. The normalized spacial score (nSPS) is 18.2. The molecule has 0 saturated carbocycles. The molecule has 3 atom stereocenters. The Morgan fingerprint density at radius 2 is 1.64 bits per heavy atom. The van der Waals surface area contributed by atoms with Crippen molar-refractivity contribution in [1.29, 1.82) is 0 Å². The maximum absolute atomic E-state index is 12.5. The summed E-state index contributed by atoms with van der Waals surface area (Å²) >= 11 is 0. The van der Waals surface area contributed by atoms with Crippen LogP contribution in [0.15, 0.2) is 65.8 Å². The molecule has 0 saturated heterocycles. The summed E-state index contributed by atoms with van der Waals surface area (Å²) in [5, 5.41) is 27.4. The minimum absolute atomic E-state index is 0.0998. The molecule has 3 rings (SSSR count). The third-order valence-electron chi connectivity index (χ3n) is 5.60. The van der Waals surface area contributed by atoms with Gasteiger partial charge in [-0.3, -0.25) is 4.79 Å². The predicted molar refractivity (Wildman–Crippen MR) is 127 cm³/mol. The average Bonchev–Trinajstić information content (AvgIpc) is 3.28. The highest BCUT2D eigenvalue weighted by Crippen LogP contribution is 2.21. The Morgan fingerprint density at radius 3 is 2.22 bits per heavy atom. The lowest BCUT2D eigenvalue weighted by Crippen LogP contribution is -2.48. The Kier molecular flexibility index (Phi) is 10.1. The van der Waals surface area contributed by atoms with Crippen LogP contribution in [0.25, 0.3) is 0 Å². The van der Waals surface area contributed by atoms with Gasteiger partial charge in [0.05, 0.1) is 34.0 Å². The average molecular weight is 499 g/mol. The van der Waals surface area contributed by atoms with E-state index in [1.54, 1.807) is 0 Å². The smallest absolute Gasteiger partial charge is 0.401 e. The van der Waals surface area contributed by atoms with Crippen LogP contribution >= 0.6 is 0 Å². The number of esters is 2. The van der Waals surface area contributed by atoms with Crippen molar-refractivity contribution in [1.82, 2.24) is 0 Å². The van der Waals surface area contributed by atoms with E-state index in [4.69, 9.17) is 14.2 Å². The number of aliphatic hydroxyl groups excluding tert-OH is 1. The summed E-state index contributed by atoms with van der Waals surface area (Å²) in [5.74, 6) is -2.09. The van der Waals surface area contributed by atoms with Gasteiger partial charge in [-0.1, -0.05) is 65.3 Å². The van der Waals surface area contributed by atoms with Crippen molar-refractivity contribution in [3.63, 3.8) is 0 Å². The van der Waals surface area contributed by atoms with Crippen LogP contribution in [0.5, 0.6) is 0 Å². The molecule has 2 aromatic carbocycles. The number of hydrogen-bond acceptors (Lipinski definition) is 9. The number of rotatable bonds is 12. The molecule has 2 aromatic rings. The van der Waals surface area contributed by atoms with E-state index in [-0.39, 0.29) is 32.0 Å². The van der Waals surface area contributed by atoms with E-state index in [1.807, 2.05) is 60.7 Å². The summed E-state index contributed by atoms with van der Waals surface area (Å²) in [6.07, 6.45) is -2.78. The Hall–Kier alpha value is -3.60. The van der Waals surface area contributed by atoms with Crippen LogP contribution < -0.4 is 5.11 Å². The molecule has 36 heavy (non-hydrogen) atoms. The largest absolute Gasteiger partial charge is 0.857 e. The van der Waals surface area contributed by atoms with Crippen molar-refractivity contribution in [2.45, 2.75) is 44.3 Å². The van der Waals surface area contributed by atoms with E-state index in [2.05, 4.69) is 9.84 Å². The van der Waals surface area contributed by atoms with Gasteiger partial charge in [-0.2, -0.15) is 0 Å². The van der Waals surface area contributed by atoms with Gasteiger partial charge in [0.1, 0.15) is 12.5 Å². The van der Waals surface area contributed by atoms with Crippen LogP contribution in [0, 0.1) is 0 Å². The second kappa shape index (κ2) is 13.5. The fourth-order valence-corrected chi connectivity index (χ4v) is 3.80. The minimum atomic E-state index is -1.18. The zero-order valence-corrected chi connectivity index (χ0v) is 20.2. The molecule has 0 fully saturated rings. The number of benzene rings is 2. The summed E-state index contributed by atoms with van der Waals surface area (Å²) in [6, 6.07) is 17.9. The summed E-state index contributed by atoms with van der Waals surface area (Å²) < 4.78 is 22.4. The maximum atomic E-state index is 12.5. The van der Waals surface area contributed by atoms with E-state index < -0.39 is 42.5 Å². The van der Waals surface area contributed by atoms with Gasteiger partial charge in [-0.05, 0) is 16.2 Å². The molecule has 0 bridgehead atoms. The lowest BCUT2D eigenvalue weighted by molar-refractivity contribution is -0.575. The summed E-state index contributed by atoms with van der Waals surface area (Å²) in [7, 11) is 2.34. The Bertz CT molecular complexity index is 1070. The summed E-state index contributed by atoms with van der Waals surface area (Å²) in [6.45, 7) is 0.296. The highest BCUT2D eigenvalue weighted by atomic mass is 16.5. The van der Waals surface area contributed by atoms with E-state index >= 15 is 0 Å². The molecular formula is C26H30N2O8. The molecule has 10 heteroatoms. The summed E-state index contributed by atoms with van der Waals surface area (Å²) in [4.78, 5) is 24.5. The molecule has 0 spiro atoms. The maximum Gasteiger partial charge on any atom is 0.401 e. The van der Waals surface area contributed by atoms with E-state index in [0.29, 0.717) is 0 Å². The Morgan fingerprint density at radius 1 is 1.03 bits per heavy atom. The fraction of sp³-hybridized carbons (Fsp3) is 0.385. The van der Waals surface area contributed by atoms with Crippen molar-refractivity contribution in [3.8, 4) is 0 Å². The van der Waals surface area contributed by atoms with Crippen molar-refractivity contribution in [3.05, 3.63) is 71.8 Å². The number of carbonyl (C=O) groups excluding carboxylic acids is 2. The number of carbonyl (C=O) groups is 2. The molecule has 1 unspecified atom stereocenters. The first kappa shape index (κ1) is 27.0. The monoisotopic (exact) mass is 498 g/mol. The molecule has 0 aromatic heterocycles. The van der Waals surface area contributed by atoms with Crippen molar-refractivity contribution >= 4 is 23.5 Å². The van der Waals surface area contributed by atoms with E-state index in [0.717, 1.165) is 22.9 Å². The Labute approximate surface area is 209 Å². The second-order valence-corrected chi connectivity index (χ2v) is 8.13. The number of hydrogen-bond donors (Lipinski definition) is 1. The van der Waals surface area contributed by atoms with Gasteiger partial charge in [-0.15, -0.1) is 0 Å². The highest BCUT2D eigenvalue weighted by Gasteiger charge is 2.45. The first-order chi connectivity index (χ1) is 17.4. The van der Waals surface area contributed by atoms with Gasteiger partial charge in [-0.25, -0.2) is 4.79 Å². The predicted octanol–water partition coefficient (Wildman–Crippen LogP) is 0.785. The van der Waals surface area contributed by atoms with Crippen LogP contribution in [0.4, 0.5) is 0 Å². The molecule has 192 valence electrons. The number of hydrazone groups is 1. The molecule has 1 aliphatic rings. The standard InChI is InChI=1S/C26H30N2O8/c1-33-24(31)14-21(26(32)34-2)28-20(13-23(30)27-28)25(36-16-19-11-7-4-8-12-19)22(29)17-35-15-18-9-5-3-6-10-18/h3-12,20,22,25,29H,13-17H2,1-2H3/t20?,22-,25+/m1/s1. The number of methoxy groups -OCH3 is 2. The quantitative estimate of drug-likeness (QED) is 0.336. The molecule has 0 radical (unpaired) electrons. The van der Waals surface area contributed by atoms with Crippen LogP contribution in [0.3, 0.4) is 0 Å². The topological polar surface area (TPSA) is 130 Å². The van der Waals surface area contributed by atoms with Crippen molar-refractivity contribution in [2.75, 3.05) is 20.8 Å². The summed E-state index contributed by atoms with van der Waals surface area (Å²) in [5.41, 5.74) is 1.59. The van der Waals surface area contributed by atoms with Crippen molar-refractivity contribution in [2.24, 2.45) is 5.10 Å². The zero-order chi connectivity index (χ0) is 25.9. The third kappa shape index (κ3) is 7.45. The molecule has 0 aliphatic carbocycles. The number of ether oxygens (including phenoxy) is 4. The highest BCUT2D eigenvalue weighted by molar-refractivity contribution is 6.37. The Balaban J connectivity index is 1.87. The first-order valence-electron chi connectivity index (χ1n) is 11.4. The molecule has 1 heterocycles. The fourth-order valence-electron chi connectivity index (χ4n) is 3.80. The van der Waals surface area contributed by atoms with Gasteiger partial charge in [0.2, 0.25) is 6.04 Å². The molecule has 10 nitrogen and oxygen atoms in total. The van der Waals surface area contributed by atoms with Crippen molar-refractivity contribution < 1.29 is 43.4 Å². The number of aliphatic hydroxyl groups is 1. The lowest BCUT2D eigenvalue weighted by atomic mass is 10.0. The van der Waals surface area contributed by atoms with Crippen LogP contribution in [0.1, 0.15) is 24.0 Å². The van der Waals surface area contributed by atoms with Crippen LogP contribution in [-0.4, -0.2) is 72.4 Å². The van der Waals surface area contributed by atoms with Gasteiger partial charge in [0, 0.05) is 12.3 Å². The lowest BCUT2D eigenvalue weighted by Gasteiger charge is -2.26. The minimum Gasteiger partial charge on any atom is -0.857 e. The molecule has 0 amide bonds. The SMILES string of the molecule is COC(=O)C/C(C(=O)OC)=[N+]1\N=C([O-])CC1[C@H](OCc1ccccc1)[C@H](O)COCc1ccccc1. The molecule has 1 N–H and O–H groups in total. The van der Waals surface area contributed by atoms with Crippen LogP contribution in [0.2, 0.25) is 0 Å². The number of nitrogens with zero attached hydrogens (tertiary/aromatic N) is 2. The van der Waals surface area contributed by atoms with Crippen LogP contribution in [-0.2, 0) is 41.8 Å². The van der Waals surface area contributed by atoms with E-state index in [9.17, 15) is 19.8 Å². The van der Waals surface area contributed by atoms with E-state index in [1.165, 1.54) is 7.11 Å². The van der Waals surface area contributed by atoms with Gasteiger partial charge >= 0.3 is 17.7 Å². The third-order valence-corrected chi connectivity index (χ3v) is 5.60. The first-order valence-corrected chi connectivity index (χ1v) is 11.4. The molecular weight excluding hydrogens is 468 g/mol. The van der Waals surface area contributed by atoms with Gasteiger partial charge in [0.25, 0.3) is 0 Å². The van der Waals surface area contributed by atoms with Gasteiger partial charge in [0.15, 0.2) is 6.10 Å². The van der Waals surface area contributed by atoms with Gasteiger partial charge < -0.3 is 29.2 Å². The second-order valence-electron chi connectivity index (χ2n) is 8.13.